The smallest absolute Gasteiger partial charge is 0.233 e. The van der Waals surface area contributed by atoms with Crippen molar-refractivity contribution in [1.29, 1.82) is 0 Å². The van der Waals surface area contributed by atoms with Crippen molar-refractivity contribution in [1.82, 2.24) is 4.90 Å². The van der Waals surface area contributed by atoms with Crippen LogP contribution in [0.2, 0.25) is 5.02 Å². The summed E-state index contributed by atoms with van der Waals surface area (Å²) in [6.07, 6.45) is 3.18. The Hall–Kier alpha value is -1.06. The fourth-order valence-corrected chi connectivity index (χ4v) is 3.36. The molecule has 0 spiro atoms. The van der Waals surface area contributed by atoms with Gasteiger partial charge in [-0.1, -0.05) is 30.2 Å². The Kier molecular flexibility index (Phi) is 3.27. The third kappa shape index (κ3) is 2.15. The van der Waals surface area contributed by atoms with E-state index in [-0.39, 0.29) is 12.0 Å². The number of hydrogen-bond donors (Lipinski definition) is 1. The number of likely N-dealkylation sites (tertiary alicyclic amines) is 1. The van der Waals surface area contributed by atoms with E-state index in [1.54, 1.807) is 0 Å². The molecule has 1 aromatic rings. The predicted octanol–water partition coefficient (Wildman–Crippen LogP) is 2.35. The fraction of sp³-hybridized carbons (Fsp3) is 0.533. The number of benzene rings is 1. The molecule has 1 saturated heterocycles. The first-order valence-electron chi connectivity index (χ1n) is 6.85. The monoisotopic (exact) mass is 279 g/mol. The zero-order valence-electron chi connectivity index (χ0n) is 10.8. The largest absolute Gasteiger partial charge is 0.391 e. The van der Waals surface area contributed by atoms with Gasteiger partial charge in [-0.2, -0.15) is 0 Å². The third-order valence-corrected chi connectivity index (χ3v) is 4.68. The molecular weight excluding hydrogens is 262 g/mol. The van der Waals surface area contributed by atoms with Crippen LogP contribution >= 0.6 is 11.6 Å². The van der Waals surface area contributed by atoms with Gasteiger partial charge in [0.25, 0.3) is 0 Å². The van der Waals surface area contributed by atoms with Crippen LogP contribution < -0.4 is 0 Å². The molecule has 1 amide bonds. The molecule has 1 N–H and O–H groups in total. The summed E-state index contributed by atoms with van der Waals surface area (Å²) < 4.78 is 0. The molecule has 2 fully saturated rings. The van der Waals surface area contributed by atoms with Crippen LogP contribution in [0, 0.1) is 0 Å². The van der Waals surface area contributed by atoms with Crippen LogP contribution in [0.25, 0.3) is 0 Å². The first kappa shape index (κ1) is 12.9. The number of carbonyl (C=O) groups is 1. The van der Waals surface area contributed by atoms with E-state index in [1.807, 2.05) is 29.2 Å². The average molecular weight is 280 g/mol. The summed E-state index contributed by atoms with van der Waals surface area (Å²) in [7, 11) is 0. The van der Waals surface area contributed by atoms with E-state index in [4.69, 9.17) is 11.6 Å². The minimum Gasteiger partial charge on any atom is -0.391 e. The molecule has 0 aromatic heterocycles. The van der Waals surface area contributed by atoms with Crippen LogP contribution in [-0.4, -0.2) is 35.1 Å². The summed E-state index contributed by atoms with van der Waals surface area (Å²) in [5.74, 6) is 0.164. The Labute approximate surface area is 118 Å². The third-order valence-electron chi connectivity index (χ3n) is 4.44. The zero-order valence-corrected chi connectivity index (χ0v) is 11.6. The molecule has 1 saturated carbocycles. The van der Waals surface area contributed by atoms with E-state index in [0.29, 0.717) is 24.5 Å². The SMILES string of the molecule is O=C(N1CC[C@H](O)C1)C1(c2cccc(Cl)c2)CCC1. The Morgan fingerprint density at radius 3 is 2.74 bits per heavy atom. The van der Waals surface area contributed by atoms with E-state index in [9.17, 15) is 9.90 Å². The maximum atomic E-state index is 12.8. The van der Waals surface area contributed by atoms with Gasteiger partial charge in [0.1, 0.15) is 0 Å². The highest BCUT2D eigenvalue weighted by atomic mass is 35.5. The Morgan fingerprint density at radius 2 is 2.21 bits per heavy atom. The minimum atomic E-state index is -0.394. The van der Waals surface area contributed by atoms with Crippen molar-refractivity contribution in [3.05, 3.63) is 34.9 Å². The number of hydrogen-bond acceptors (Lipinski definition) is 2. The van der Waals surface area contributed by atoms with Gasteiger partial charge in [0.05, 0.1) is 11.5 Å². The van der Waals surface area contributed by atoms with Crippen LogP contribution in [0.4, 0.5) is 0 Å². The van der Waals surface area contributed by atoms with Crippen molar-refractivity contribution in [2.75, 3.05) is 13.1 Å². The zero-order chi connectivity index (χ0) is 13.5. The molecule has 19 heavy (non-hydrogen) atoms. The van der Waals surface area contributed by atoms with Gasteiger partial charge < -0.3 is 10.0 Å². The highest BCUT2D eigenvalue weighted by molar-refractivity contribution is 6.30. The Bertz CT molecular complexity index is 499. The van der Waals surface area contributed by atoms with Crippen molar-refractivity contribution in [3.63, 3.8) is 0 Å². The van der Waals surface area contributed by atoms with Crippen molar-refractivity contribution < 1.29 is 9.90 Å². The molecule has 2 aliphatic rings. The highest BCUT2D eigenvalue weighted by Crippen LogP contribution is 2.46. The molecule has 102 valence electrons. The quantitative estimate of drug-likeness (QED) is 0.903. The first-order valence-corrected chi connectivity index (χ1v) is 7.23. The van der Waals surface area contributed by atoms with E-state index >= 15 is 0 Å². The standard InChI is InChI=1S/C15H18ClNO2/c16-12-4-1-3-11(9-12)15(6-2-7-15)14(19)17-8-5-13(18)10-17/h1,3-4,9,13,18H,2,5-8,10H2/t13-/m0/s1. The van der Waals surface area contributed by atoms with Crippen LogP contribution in [0.3, 0.4) is 0 Å². The molecule has 0 radical (unpaired) electrons. The lowest BCUT2D eigenvalue weighted by atomic mass is 9.63. The van der Waals surface area contributed by atoms with Gasteiger partial charge >= 0.3 is 0 Å². The van der Waals surface area contributed by atoms with E-state index < -0.39 is 5.41 Å². The summed E-state index contributed by atoms with van der Waals surface area (Å²) >= 11 is 6.05. The predicted molar refractivity (Wildman–Crippen MR) is 74.2 cm³/mol. The van der Waals surface area contributed by atoms with Crippen LogP contribution in [0.1, 0.15) is 31.2 Å². The van der Waals surface area contributed by atoms with Gasteiger partial charge in [0.15, 0.2) is 0 Å². The summed E-state index contributed by atoms with van der Waals surface area (Å²) in [4.78, 5) is 14.6. The number of amides is 1. The number of β-amino-alcohol motifs (C(OH)–C–C–N with tert-alkyl or cyclic N) is 1. The number of carbonyl (C=O) groups excluding carboxylic acids is 1. The van der Waals surface area contributed by atoms with Crippen molar-refractivity contribution in [2.24, 2.45) is 0 Å². The lowest BCUT2D eigenvalue weighted by Crippen LogP contribution is -2.50. The number of rotatable bonds is 2. The van der Waals surface area contributed by atoms with Gasteiger partial charge in [-0.25, -0.2) is 0 Å². The number of halogens is 1. The normalized spacial score (nSPS) is 25.2. The summed E-state index contributed by atoms with van der Waals surface area (Å²) in [5, 5.41) is 10.3. The maximum Gasteiger partial charge on any atom is 0.233 e. The number of aliphatic hydroxyl groups is 1. The fourth-order valence-electron chi connectivity index (χ4n) is 3.17. The van der Waals surface area contributed by atoms with E-state index in [0.717, 1.165) is 24.8 Å². The van der Waals surface area contributed by atoms with Crippen molar-refractivity contribution >= 4 is 17.5 Å². The van der Waals surface area contributed by atoms with Gasteiger partial charge in [-0.3, -0.25) is 4.79 Å². The molecular formula is C15H18ClNO2. The molecule has 1 aromatic carbocycles. The molecule has 1 aliphatic carbocycles. The highest BCUT2D eigenvalue weighted by Gasteiger charge is 2.48. The molecule has 1 heterocycles. The lowest BCUT2D eigenvalue weighted by Gasteiger charge is -2.43. The van der Waals surface area contributed by atoms with Crippen molar-refractivity contribution in [2.45, 2.75) is 37.2 Å². The van der Waals surface area contributed by atoms with Gasteiger partial charge in [0.2, 0.25) is 5.91 Å². The minimum absolute atomic E-state index is 0.164. The molecule has 0 bridgehead atoms. The van der Waals surface area contributed by atoms with E-state index in [2.05, 4.69) is 0 Å². The molecule has 3 nitrogen and oxygen atoms in total. The van der Waals surface area contributed by atoms with Crippen LogP contribution in [0.15, 0.2) is 24.3 Å². The molecule has 0 unspecified atom stereocenters. The molecule has 4 heteroatoms. The Morgan fingerprint density at radius 1 is 1.42 bits per heavy atom. The van der Waals surface area contributed by atoms with Crippen LogP contribution in [-0.2, 0) is 10.2 Å². The second kappa shape index (κ2) is 4.80. The average Bonchev–Trinajstić information content (AvgIpc) is 2.74. The number of nitrogens with zero attached hydrogens (tertiary/aromatic N) is 1. The van der Waals surface area contributed by atoms with Crippen LogP contribution in [0.5, 0.6) is 0 Å². The molecule has 3 rings (SSSR count). The lowest BCUT2D eigenvalue weighted by molar-refractivity contribution is -0.140. The van der Waals surface area contributed by atoms with Crippen molar-refractivity contribution in [3.8, 4) is 0 Å². The van der Waals surface area contributed by atoms with Gasteiger partial charge in [-0.15, -0.1) is 0 Å². The summed E-state index contributed by atoms with van der Waals surface area (Å²) in [6, 6.07) is 7.64. The number of aliphatic hydroxyl groups excluding tert-OH is 1. The second-order valence-electron chi connectivity index (χ2n) is 5.64. The molecule has 1 atom stereocenters. The summed E-state index contributed by atoms with van der Waals surface area (Å²) in [6.45, 7) is 1.14. The summed E-state index contributed by atoms with van der Waals surface area (Å²) in [5.41, 5.74) is 0.632. The first-order chi connectivity index (χ1) is 9.12. The van der Waals surface area contributed by atoms with Gasteiger partial charge in [0, 0.05) is 18.1 Å². The maximum absolute atomic E-state index is 12.8. The topological polar surface area (TPSA) is 40.5 Å². The second-order valence-corrected chi connectivity index (χ2v) is 6.08. The Balaban J connectivity index is 1.89. The van der Waals surface area contributed by atoms with Gasteiger partial charge in [-0.05, 0) is 37.0 Å². The molecule has 1 aliphatic heterocycles. The van der Waals surface area contributed by atoms with E-state index in [1.165, 1.54) is 0 Å².